The molecule has 9 nitrogen and oxygen atoms in total. The monoisotopic (exact) mass is 474 g/mol. The van der Waals surface area contributed by atoms with Crippen LogP contribution in [-0.4, -0.2) is 63.9 Å². The molecule has 2 aromatic carbocycles. The molecule has 1 saturated heterocycles. The number of hydrogen-bond acceptors (Lipinski definition) is 6. The van der Waals surface area contributed by atoms with E-state index >= 15 is 4.39 Å². The highest BCUT2D eigenvalue weighted by atomic mass is 35.5. The van der Waals surface area contributed by atoms with Crippen LogP contribution in [0.15, 0.2) is 24.4 Å². The first-order valence-electron chi connectivity index (χ1n) is 9.55. The Hall–Kier alpha value is -3.44. The highest BCUT2D eigenvalue weighted by Gasteiger charge is 2.36. The molecular formula is C20H16ClFN6O3S. The highest BCUT2D eigenvalue weighted by molar-refractivity contribution is 7.22. The number of carboxylic acid groups (broad SMARTS) is 1. The van der Waals surface area contributed by atoms with Gasteiger partial charge in [-0.1, -0.05) is 29.0 Å². The number of rotatable bonds is 5. The van der Waals surface area contributed by atoms with E-state index in [1.54, 1.807) is 23.2 Å². The second-order valence-electron chi connectivity index (χ2n) is 7.43. The molecular weight excluding hydrogens is 459 g/mol. The van der Waals surface area contributed by atoms with Crippen LogP contribution >= 0.6 is 22.9 Å². The predicted molar refractivity (Wildman–Crippen MR) is 121 cm³/mol. The fraction of sp³-hybridized carbons (Fsp3) is 0.200. The van der Waals surface area contributed by atoms with Gasteiger partial charge in [0.15, 0.2) is 10.9 Å². The van der Waals surface area contributed by atoms with E-state index < -0.39 is 11.9 Å². The molecule has 164 valence electrons. The van der Waals surface area contributed by atoms with Crippen LogP contribution in [0.4, 0.5) is 20.0 Å². The maximum absolute atomic E-state index is 15.5. The van der Waals surface area contributed by atoms with Gasteiger partial charge in [0.1, 0.15) is 5.69 Å². The van der Waals surface area contributed by atoms with Crippen LogP contribution in [-0.2, 0) is 4.79 Å². The highest BCUT2D eigenvalue weighted by Crippen LogP contribution is 2.44. The summed E-state index contributed by atoms with van der Waals surface area (Å²) in [6.45, 7) is 0.700. The molecule has 2 amide bonds. The van der Waals surface area contributed by atoms with Gasteiger partial charge in [0, 0.05) is 31.1 Å². The van der Waals surface area contributed by atoms with Gasteiger partial charge in [0.05, 0.1) is 33.0 Å². The van der Waals surface area contributed by atoms with E-state index in [2.05, 4.69) is 20.5 Å². The average Bonchev–Trinajstić information content (AvgIpc) is 3.36. The van der Waals surface area contributed by atoms with Crippen molar-refractivity contribution in [2.24, 2.45) is 0 Å². The van der Waals surface area contributed by atoms with Crippen molar-refractivity contribution in [2.45, 2.75) is 6.04 Å². The number of anilines is 2. The van der Waals surface area contributed by atoms with Crippen molar-refractivity contribution in [3.8, 4) is 11.1 Å². The molecule has 5 rings (SSSR count). The number of benzene rings is 2. The molecule has 3 N–H and O–H groups in total. The van der Waals surface area contributed by atoms with Gasteiger partial charge in [-0.3, -0.25) is 9.89 Å². The normalized spacial score (nSPS) is 14.0. The van der Waals surface area contributed by atoms with Crippen LogP contribution in [0, 0.1) is 5.82 Å². The fourth-order valence-corrected chi connectivity index (χ4v) is 5.07. The Kier molecular flexibility index (Phi) is 4.86. The van der Waals surface area contributed by atoms with Crippen LogP contribution in [0.3, 0.4) is 0 Å². The van der Waals surface area contributed by atoms with Crippen molar-refractivity contribution in [3.05, 3.63) is 35.2 Å². The van der Waals surface area contributed by atoms with Crippen molar-refractivity contribution < 1.29 is 19.1 Å². The van der Waals surface area contributed by atoms with Crippen LogP contribution in [0.2, 0.25) is 5.02 Å². The zero-order chi connectivity index (χ0) is 22.6. The standard InChI is InChI=1S/C20H16ClFN6O3S/c1-27(20(30)31)10-6-28(7-10)18-16(22)15(21)14(11-5-24-26-17(11)18)9-2-3-12-13(4-9)32-19(25-12)23-8-29/h2-5,8,10H,6-7H2,1H3,(H,24,26)(H,30,31)(H,23,25,29). The van der Waals surface area contributed by atoms with Gasteiger partial charge in [-0.2, -0.15) is 5.10 Å². The molecule has 4 aromatic rings. The summed E-state index contributed by atoms with van der Waals surface area (Å²) in [5, 5.41) is 19.7. The lowest BCUT2D eigenvalue weighted by molar-refractivity contribution is -0.105. The van der Waals surface area contributed by atoms with E-state index in [4.69, 9.17) is 16.7 Å². The Morgan fingerprint density at radius 2 is 2.25 bits per heavy atom. The van der Waals surface area contributed by atoms with Gasteiger partial charge in [0.25, 0.3) is 0 Å². The van der Waals surface area contributed by atoms with Gasteiger partial charge < -0.3 is 20.2 Å². The van der Waals surface area contributed by atoms with Gasteiger partial charge >= 0.3 is 6.09 Å². The van der Waals surface area contributed by atoms with Gasteiger partial charge in [0.2, 0.25) is 6.41 Å². The number of nitrogens with zero attached hydrogens (tertiary/aromatic N) is 4. The number of aromatic nitrogens is 3. The SMILES string of the molecule is CN(C(=O)O)C1CN(c2c(F)c(Cl)c(-c3ccc4nc(NC=O)sc4c3)c3cn[nH]c23)C1. The summed E-state index contributed by atoms with van der Waals surface area (Å²) in [6, 6.07) is 5.19. The lowest BCUT2D eigenvalue weighted by Crippen LogP contribution is -2.60. The summed E-state index contributed by atoms with van der Waals surface area (Å²) >= 11 is 7.83. The molecule has 0 bridgehead atoms. The molecule has 0 radical (unpaired) electrons. The van der Waals surface area contributed by atoms with Crippen molar-refractivity contribution >= 4 is 67.4 Å². The number of fused-ring (bicyclic) bond motifs is 2. The Balaban J connectivity index is 1.58. The molecule has 0 aliphatic carbocycles. The van der Waals surface area contributed by atoms with E-state index in [0.29, 0.717) is 52.2 Å². The lowest BCUT2D eigenvalue weighted by atomic mass is 9.98. The minimum atomic E-state index is -1.03. The third kappa shape index (κ3) is 3.12. The number of carbonyl (C=O) groups is 2. The molecule has 1 fully saturated rings. The molecule has 3 heterocycles. The maximum Gasteiger partial charge on any atom is 0.407 e. The molecule has 1 aliphatic heterocycles. The second-order valence-corrected chi connectivity index (χ2v) is 8.83. The summed E-state index contributed by atoms with van der Waals surface area (Å²) in [5.74, 6) is -0.595. The Morgan fingerprint density at radius 1 is 1.47 bits per heavy atom. The van der Waals surface area contributed by atoms with Crippen molar-refractivity contribution in [1.82, 2.24) is 20.1 Å². The number of hydrogen-bond donors (Lipinski definition) is 3. The van der Waals surface area contributed by atoms with Gasteiger partial charge in [-0.25, -0.2) is 14.2 Å². The number of carbonyl (C=O) groups excluding carboxylic acids is 1. The average molecular weight is 475 g/mol. The topological polar surface area (TPSA) is 114 Å². The smallest absolute Gasteiger partial charge is 0.407 e. The van der Waals surface area contributed by atoms with Crippen molar-refractivity contribution in [2.75, 3.05) is 30.4 Å². The third-order valence-corrected chi connectivity index (χ3v) is 6.96. The number of likely N-dealkylation sites (N-methyl/N-ethyl adjacent to an activating group) is 1. The first kappa shape index (κ1) is 20.5. The maximum atomic E-state index is 15.5. The minimum absolute atomic E-state index is 0.0426. The number of aromatic amines is 1. The molecule has 2 aromatic heterocycles. The van der Waals surface area contributed by atoms with Crippen LogP contribution in [0.25, 0.3) is 32.2 Å². The third-order valence-electron chi connectivity index (χ3n) is 5.65. The quantitative estimate of drug-likeness (QED) is 0.377. The molecule has 0 spiro atoms. The molecule has 0 saturated carbocycles. The van der Waals surface area contributed by atoms with E-state index in [1.807, 2.05) is 6.07 Å². The lowest BCUT2D eigenvalue weighted by Gasteiger charge is -2.44. The first-order chi connectivity index (χ1) is 15.4. The number of H-pyrrole nitrogens is 1. The van der Waals surface area contributed by atoms with E-state index in [9.17, 15) is 9.59 Å². The summed E-state index contributed by atoms with van der Waals surface area (Å²) in [7, 11) is 1.49. The van der Waals surface area contributed by atoms with Gasteiger partial charge in [-0.05, 0) is 17.7 Å². The van der Waals surface area contributed by atoms with E-state index in [1.165, 1.54) is 23.3 Å². The number of halogens is 2. The zero-order valence-corrected chi connectivity index (χ0v) is 18.2. The second kappa shape index (κ2) is 7.61. The summed E-state index contributed by atoms with van der Waals surface area (Å²) in [5.41, 5.74) is 2.65. The van der Waals surface area contributed by atoms with E-state index in [-0.39, 0.29) is 16.8 Å². The molecule has 0 unspecified atom stereocenters. The minimum Gasteiger partial charge on any atom is -0.465 e. The summed E-state index contributed by atoms with van der Waals surface area (Å²) in [4.78, 5) is 29.2. The van der Waals surface area contributed by atoms with Crippen molar-refractivity contribution in [1.29, 1.82) is 0 Å². The predicted octanol–water partition coefficient (Wildman–Crippen LogP) is 4.00. The Bertz CT molecular complexity index is 1380. The molecule has 12 heteroatoms. The zero-order valence-electron chi connectivity index (χ0n) is 16.6. The van der Waals surface area contributed by atoms with Crippen LogP contribution < -0.4 is 10.2 Å². The number of nitrogens with one attached hydrogen (secondary N) is 2. The van der Waals surface area contributed by atoms with Crippen LogP contribution in [0.5, 0.6) is 0 Å². The van der Waals surface area contributed by atoms with Crippen LogP contribution in [0.1, 0.15) is 0 Å². The van der Waals surface area contributed by atoms with Gasteiger partial charge in [-0.15, -0.1) is 0 Å². The largest absolute Gasteiger partial charge is 0.465 e. The number of amides is 2. The molecule has 32 heavy (non-hydrogen) atoms. The first-order valence-corrected chi connectivity index (χ1v) is 10.7. The Morgan fingerprint density at radius 3 is 2.97 bits per heavy atom. The fourth-order valence-electron chi connectivity index (χ4n) is 3.91. The molecule has 0 atom stereocenters. The van der Waals surface area contributed by atoms with E-state index in [0.717, 1.165) is 4.70 Å². The summed E-state index contributed by atoms with van der Waals surface area (Å²) in [6.07, 6.45) is 1.13. The molecule has 1 aliphatic rings. The number of thiazole rings is 1. The Labute approximate surface area is 189 Å². The summed E-state index contributed by atoms with van der Waals surface area (Å²) < 4.78 is 16.3. The van der Waals surface area contributed by atoms with Crippen molar-refractivity contribution in [3.63, 3.8) is 0 Å².